The summed E-state index contributed by atoms with van der Waals surface area (Å²) in [6.07, 6.45) is 5.51. The van der Waals surface area contributed by atoms with Crippen LogP contribution in [0, 0.1) is 20.0 Å². The van der Waals surface area contributed by atoms with E-state index in [9.17, 15) is 11.0 Å². The van der Waals surface area contributed by atoms with Crippen LogP contribution in [0.25, 0.3) is 106 Å². The number of aryl methyl sites for hydroxylation is 2. The molecule has 4 heterocycles. The maximum atomic E-state index is 10.1. The SMILES string of the molecule is [2H]c1c([2H])c([2H])c2c(c1[2H])-c1cccc(-c3cc(C(C)(C)C)cc(C(C)(C)C)c3)c1-[n+]1[c-]n(-c3cccc(Oc4ccc5c6ccccc6n(-c6cc(C(C)(C)C)ccn6)c5c4)c3)c3cc(-c4c(C([2H])([2H])[2H])cccc4C([2H])([2H])[2H])cc(c31)-c1c([2H])c([2H])c([2H])c([2H])c1-2. The molecule has 0 aliphatic carbocycles. The lowest BCUT2D eigenvalue weighted by molar-refractivity contribution is -0.570. The lowest BCUT2D eigenvalue weighted by Gasteiger charge is -2.27. The second-order valence-corrected chi connectivity index (χ2v) is 23.7. The van der Waals surface area contributed by atoms with Gasteiger partial charge in [0.1, 0.15) is 17.3 Å². The van der Waals surface area contributed by atoms with Crippen LogP contribution in [0.5, 0.6) is 11.5 Å². The normalized spacial score (nSPS) is 15.4. The first-order chi connectivity index (χ1) is 43.6. The largest absolute Gasteiger partial charge is 0.458 e. The highest BCUT2D eigenvalue weighted by Crippen LogP contribution is 2.48. The molecule has 5 nitrogen and oxygen atoms in total. The zero-order chi connectivity index (χ0) is 66.7. The van der Waals surface area contributed by atoms with Crippen LogP contribution >= 0.6 is 0 Å². The number of imidazole rings is 1. The molecule has 0 atom stereocenters. The van der Waals surface area contributed by atoms with Gasteiger partial charge in [0.25, 0.3) is 6.33 Å². The quantitative estimate of drug-likeness (QED) is 0.123. The molecule has 0 saturated heterocycles. The molecular weight excluding hydrogens is 961 g/mol. The first kappa shape index (κ1) is 36.3. The molecule has 9 aromatic carbocycles. The summed E-state index contributed by atoms with van der Waals surface area (Å²) in [5, 5.41) is 2.01. The van der Waals surface area contributed by atoms with E-state index in [0.29, 0.717) is 28.4 Å². The van der Waals surface area contributed by atoms with Crippen molar-refractivity contribution in [2.75, 3.05) is 0 Å². The Morgan fingerprint density at radius 2 is 1.10 bits per heavy atom. The van der Waals surface area contributed by atoms with Crippen molar-refractivity contribution in [1.29, 1.82) is 0 Å². The molecule has 0 spiro atoms. The highest BCUT2D eigenvalue weighted by molar-refractivity contribution is 6.09. The molecule has 0 N–H and O–H groups in total. The molecule has 12 aromatic rings. The van der Waals surface area contributed by atoms with Gasteiger partial charge in [0.2, 0.25) is 0 Å². The minimum absolute atomic E-state index is 0.0507. The Hall–Kier alpha value is -8.80. The average Bonchev–Trinajstić information content (AvgIpc) is 1.64. The summed E-state index contributed by atoms with van der Waals surface area (Å²) in [7, 11) is 0. The summed E-state index contributed by atoms with van der Waals surface area (Å²) in [5.74, 6) is 1.63. The molecule has 0 unspecified atom stereocenters. The van der Waals surface area contributed by atoms with Crippen molar-refractivity contribution in [2.24, 2.45) is 0 Å². The summed E-state index contributed by atoms with van der Waals surface area (Å²) < 4.78 is 143. The minimum Gasteiger partial charge on any atom is -0.458 e. The highest BCUT2D eigenvalue weighted by atomic mass is 16.5. The summed E-state index contributed by atoms with van der Waals surface area (Å²) in [6, 6.07) is 39.8. The van der Waals surface area contributed by atoms with Gasteiger partial charge in [0.15, 0.2) is 0 Å². The van der Waals surface area contributed by atoms with Gasteiger partial charge in [-0.05, 0) is 168 Å². The smallest absolute Gasteiger partial charge is 0.269 e. The molecule has 1 aliphatic heterocycles. The van der Waals surface area contributed by atoms with Crippen molar-refractivity contribution in [2.45, 2.75) is 92.3 Å². The van der Waals surface area contributed by atoms with Crippen molar-refractivity contribution in [3.05, 3.63) is 234 Å². The highest BCUT2D eigenvalue weighted by Gasteiger charge is 2.29. The van der Waals surface area contributed by atoms with Crippen LogP contribution in [0.15, 0.2) is 200 Å². The predicted octanol–water partition coefficient (Wildman–Crippen LogP) is 19.1. The van der Waals surface area contributed by atoms with Gasteiger partial charge in [-0.2, -0.15) is 0 Å². The summed E-state index contributed by atoms with van der Waals surface area (Å²) >= 11 is 0. The van der Waals surface area contributed by atoms with Crippen molar-refractivity contribution in [3.8, 4) is 84.3 Å². The van der Waals surface area contributed by atoms with Crippen LogP contribution in [-0.4, -0.2) is 14.1 Å². The van der Waals surface area contributed by atoms with Crippen LogP contribution in [0.1, 0.15) is 109 Å². The Balaban J connectivity index is 1.18. The van der Waals surface area contributed by atoms with Crippen LogP contribution in [-0.2, 0) is 16.2 Å². The summed E-state index contributed by atoms with van der Waals surface area (Å²) in [4.78, 5) is 4.88. The van der Waals surface area contributed by atoms with E-state index in [1.54, 1.807) is 45.5 Å². The van der Waals surface area contributed by atoms with Gasteiger partial charge in [0.05, 0.1) is 44.4 Å². The molecular formula is C74H66N4O. The first-order valence-corrected chi connectivity index (χ1v) is 26.6. The lowest BCUT2D eigenvalue weighted by Crippen LogP contribution is -2.32. The van der Waals surface area contributed by atoms with E-state index in [1.165, 1.54) is 24.3 Å². The number of benzene rings is 9. The Kier molecular flexibility index (Phi) is 8.47. The monoisotopic (exact) mass is 1040 g/mol. The van der Waals surface area contributed by atoms with Gasteiger partial charge >= 0.3 is 0 Å². The van der Waals surface area contributed by atoms with E-state index in [-0.39, 0.29) is 82.9 Å². The second-order valence-electron chi connectivity index (χ2n) is 23.7. The van der Waals surface area contributed by atoms with E-state index in [1.807, 2.05) is 54.7 Å². The van der Waals surface area contributed by atoms with Gasteiger partial charge in [-0.3, -0.25) is 13.7 Å². The van der Waals surface area contributed by atoms with E-state index in [4.69, 9.17) is 17.9 Å². The van der Waals surface area contributed by atoms with Gasteiger partial charge in [-0.25, -0.2) is 4.98 Å². The number of aromatic nitrogens is 4. The minimum atomic E-state index is -2.89. The van der Waals surface area contributed by atoms with Gasteiger partial charge in [-0.1, -0.05) is 196 Å². The van der Waals surface area contributed by atoms with Crippen LogP contribution < -0.4 is 9.30 Å². The molecule has 388 valence electrons. The van der Waals surface area contributed by atoms with Gasteiger partial charge in [0, 0.05) is 31.3 Å². The number of hydrogen-bond donors (Lipinski definition) is 0. The van der Waals surface area contributed by atoms with Crippen molar-refractivity contribution >= 4 is 32.8 Å². The third kappa shape index (κ3) is 8.55. The van der Waals surface area contributed by atoms with Crippen molar-refractivity contribution in [1.82, 2.24) is 14.1 Å². The van der Waals surface area contributed by atoms with Crippen LogP contribution in [0.3, 0.4) is 0 Å². The number of fused-ring (bicyclic) bond motifs is 10. The molecule has 79 heavy (non-hydrogen) atoms. The average molecular weight is 1040 g/mol. The topological polar surface area (TPSA) is 35.9 Å². The molecule has 0 amide bonds. The standard InChI is InChI=1S/C74H66N4O/c1-46-21-18-22-47(2)69(46)49-39-64-60-28-15-13-26-58(60)57-25-12-14-27-59(57)63-31-20-30-56(48-37-51(73(6,7)8)41-52(38-48)74(9,10)11)70(63)77-45-76(67(40-49)71(64)77)53-23-19-24-54(43-53)79-55-33-34-62-61-29-16-17-32-65(61)78(66(62)44-55)68-42-50(35-36-75-68)72(3,4)5/h12-44H,1-11H3/i1D3,2D3,12D,13D,14D,15D,25D,26D,27D,28D. The number of ether oxygens (including phenoxy) is 1. The predicted molar refractivity (Wildman–Crippen MR) is 329 cm³/mol. The first-order valence-electron chi connectivity index (χ1n) is 33.6. The zero-order valence-electron chi connectivity index (χ0n) is 59.6. The van der Waals surface area contributed by atoms with Gasteiger partial charge in [-0.15, -0.1) is 0 Å². The van der Waals surface area contributed by atoms with Crippen molar-refractivity contribution < 1.29 is 28.5 Å². The molecule has 1 aliphatic rings. The molecule has 0 saturated carbocycles. The Morgan fingerprint density at radius 1 is 0.494 bits per heavy atom. The Labute approximate surface area is 484 Å². The van der Waals surface area contributed by atoms with Crippen LogP contribution in [0.4, 0.5) is 0 Å². The number of nitrogens with zero attached hydrogens (tertiary/aromatic N) is 4. The van der Waals surface area contributed by atoms with E-state index in [0.717, 1.165) is 49.9 Å². The summed E-state index contributed by atoms with van der Waals surface area (Å²) in [5.41, 5.74) is 5.63. The molecule has 0 radical (unpaired) electrons. The number of rotatable bonds is 6. The zero-order valence-corrected chi connectivity index (χ0v) is 45.6. The number of pyridine rings is 1. The van der Waals surface area contributed by atoms with Crippen LogP contribution in [0.2, 0.25) is 0 Å². The van der Waals surface area contributed by atoms with Gasteiger partial charge < -0.3 is 4.74 Å². The maximum absolute atomic E-state index is 10.1. The molecule has 5 heteroatoms. The number of hydrogen-bond acceptors (Lipinski definition) is 2. The fourth-order valence-corrected chi connectivity index (χ4v) is 11.1. The third-order valence-electron chi connectivity index (χ3n) is 15.3. The fraction of sp³-hybridized carbons (Fsp3) is 0.189. The summed E-state index contributed by atoms with van der Waals surface area (Å²) in [6.45, 7) is 13.5. The lowest BCUT2D eigenvalue weighted by atomic mass is 9.78. The Morgan fingerprint density at radius 3 is 1.78 bits per heavy atom. The van der Waals surface area contributed by atoms with Crippen molar-refractivity contribution in [3.63, 3.8) is 0 Å². The molecule has 0 bridgehead atoms. The Bertz CT molecular complexity index is 5080. The molecule has 13 rings (SSSR count). The number of para-hydroxylation sites is 2. The molecule has 3 aromatic heterocycles. The van der Waals surface area contributed by atoms with E-state index < -0.39 is 62.0 Å². The third-order valence-corrected chi connectivity index (χ3v) is 15.3. The van der Waals surface area contributed by atoms with E-state index >= 15 is 0 Å². The second kappa shape index (κ2) is 18.4. The fourth-order valence-electron chi connectivity index (χ4n) is 11.1. The molecule has 0 fully saturated rings. The maximum Gasteiger partial charge on any atom is 0.269 e. The van der Waals surface area contributed by atoms with E-state index in [2.05, 4.69) is 110 Å².